The lowest BCUT2D eigenvalue weighted by Crippen LogP contribution is -2.51. The number of ether oxygens (including phenoxy) is 1. The fourth-order valence-electron chi connectivity index (χ4n) is 2.20. The summed E-state index contributed by atoms with van der Waals surface area (Å²) in [6.45, 7) is 3.41. The monoisotopic (exact) mass is 295 g/mol. The van der Waals surface area contributed by atoms with E-state index >= 15 is 0 Å². The van der Waals surface area contributed by atoms with Gasteiger partial charge in [0, 0.05) is 25.7 Å². The number of nitrogens with one attached hydrogen (secondary N) is 1. The molecule has 1 heterocycles. The average Bonchev–Trinajstić information content (AvgIpc) is 2.46. The van der Waals surface area contributed by atoms with Gasteiger partial charge in [-0.05, 0) is 25.1 Å². The lowest BCUT2D eigenvalue weighted by Gasteiger charge is -2.31. The van der Waals surface area contributed by atoms with E-state index in [1.807, 2.05) is 13.0 Å². The predicted molar refractivity (Wildman–Crippen MR) is 73.9 cm³/mol. The molecule has 1 N–H and O–H groups in total. The molecule has 0 aliphatic carbocycles. The van der Waals surface area contributed by atoms with Crippen LogP contribution in [0.3, 0.4) is 0 Å². The summed E-state index contributed by atoms with van der Waals surface area (Å²) in [6.07, 6.45) is 0. The number of methoxy groups -OCH3 is 1. The molecule has 1 fully saturated rings. The van der Waals surface area contributed by atoms with Gasteiger partial charge in [0.1, 0.15) is 10.6 Å². The van der Waals surface area contributed by atoms with E-state index in [-0.39, 0.29) is 16.7 Å². The molecule has 1 aliphatic heterocycles. The SMILES string of the molecule is COc1cc(C#N)ccc1S(=O)(=O)N1CCN[C@H](C)C1. The highest BCUT2D eigenvalue weighted by Gasteiger charge is 2.30. The van der Waals surface area contributed by atoms with Crippen LogP contribution in [0.2, 0.25) is 0 Å². The van der Waals surface area contributed by atoms with E-state index < -0.39 is 10.0 Å². The summed E-state index contributed by atoms with van der Waals surface area (Å²) < 4.78 is 31.9. The third-order valence-electron chi connectivity index (χ3n) is 3.24. The topological polar surface area (TPSA) is 82.4 Å². The van der Waals surface area contributed by atoms with Crippen LogP contribution >= 0.6 is 0 Å². The third-order valence-corrected chi connectivity index (χ3v) is 5.15. The Balaban J connectivity index is 2.41. The minimum atomic E-state index is -3.60. The maximum absolute atomic E-state index is 12.6. The van der Waals surface area contributed by atoms with Gasteiger partial charge >= 0.3 is 0 Å². The summed E-state index contributed by atoms with van der Waals surface area (Å²) in [5, 5.41) is 12.1. The first-order chi connectivity index (χ1) is 9.48. The number of benzene rings is 1. The molecule has 2 rings (SSSR count). The van der Waals surface area contributed by atoms with Gasteiger partial charge in [0.25, 0.3) is 0 Å². The predicted octanol–water partition coefficient (Wildman–Crippen LogP) is 0.549. The number of piperazine rings is 1. The van der Waals surface area contributed by atoms with Crippen LogP contribution in [0.15, 0.2) is 23.1 Å². The number of rotatable bonds is 3. The van der Waals surface area contributed by atoms with Gasteiger partial charge < -0.3 is 10.1 Å². The molecule has 0 amide bonds. The van der Waals surface area contributed by atoms with Gasteiger partial charge in [-0.15, -0.1) is 0 Å². The molecule has 0 aromatic heterocycles. The minimum Gasteiger partial charge on any atom is -0.495 e. The van der Waals surface area contributed by atoms with E-state index in [1.54, 1.807) is 0 Å². The highest BCUT2D eigenvalue weighted by Crippen LogP contribution is 2.28. The van der Waals surface area contributed by atoms with E-state index in [1.165, 1.54) is 29.6 Å². The van der Waals surface area contributed by atoms with E-state index in [4.69, 9.17) is 10.00 Å². The van der Waals surface area contributed by atoms with Gasteiger partial charge in [-0.2, -0.15) is 9.57 Å². The second kappa shape index (κ2) is 5.79. The zero-order valence-electron chi connectivity index (χ0n) is 11.5. The van der Waals surface area contributed by atoms with Crippen LogP contribution in [0.25, 0.3) is 0 Å². The largest absolute Gasteiger partial charge is 0.495 e. The molecule has 1 aromatic rings. The van der Waals surface area contributed by atoms with E-state index in [0.717, 1.165) is 0 Å². The molecule has 7 heteroatoms. The Morgan fingerprint density at radius 3 is 2.85 bits per heavy atom. The molecular weight excluding hydrogens is 278 g/mol. The standard InChI is InChI=1S/C13H17N3O3S/c1-10-9-16(6-5-15-10)20(17,18)13-4-3-11(8-14)7-12(13)19-2/h3-4,7,10,15H,5-6,9H2,1-2H3/t10-/m1/s1. The van der Waals surface area contributed by atoms with Crippen LogP contribution in [0.1, 0.15) is 12.5 Å². The van der Waals surface area contributed by atoms with Crippen molar-refractivity contribution in [3.05, 3.63) is 23.8 Å². The van der Waals surface area contributed by atoms with Crippen molar-refractivity contribution in [1.82, 2.24) is 9.62 Å². The summed E-state index contributed by atoms with van der Waals surface area (Å²) in [6, 6.07) is 6.44. The van der Waals surface area contributed by atoms with Crippen LogP contribution in [0.5, 0.6) is 5.75 Å². The van der Waals surface area contributed by atoms with Gasteiger partial charge in [0.2, 0.25) is 10.0 Å². The van der Waals surface area contributed by atoms with Crippen LogP contribution in [0.4, 0.5) is 0 Å². The summed E-state index contributed by atoms with van der Waals surface area (Å²) >= 11 is 0. The van der Waals surface area contributed by atoms with Gasteiger partial charge in [-0.3, -0.25) is 0 Å². The van der Waals surface area contributed by atoms with Gasteiger partial charge in [0.05, 0.1) is 18.7 Å². The van der Waals surface area contributed by atoms with Gasteiger partial charge in [-0.1, -0.05) is 0 Å². The highest BCUT2D eigenvalue weighted by atomic mass is 32.2. The van der Waals surface area contributed by atoms with Crippen molar-refractivity contribution in [2.75, 3.05) is 26.7 Å². The number of sulfonamides is 1. The Labute approximate surface area is 119 Å². The second-order valence-electron chi connectivity index (χ2n) is 4.70. The number of nitriles is 1. The summed E-state index contributed by atoms with van der Waals surface area (Å²) in [4.78, 5) is 0.105. The fourth-order valence-corrected chi connectivity index (χ4v) is 3.87. The summed E-state index contributed by atoms with van der Waals surface area (Å²) in [5.41, 5.74) is 0.370. The van der Waals surface area contributed by atoms with Crippen LogP contribution < -0.4 is 10.1 Å². The van der Waals surface area contributed by atoms with Gasteiger partial charge in [0.15, 0.2) is 0 Å². The van der Waals surface area contributed by atoms with Crippen molar-refractivity contribution >= 4 is 10.0 Å². The molecule has 1 aromatic carbocycles. The summed E-state index contributed by atoms with van der Waals surface area (Å²) in [5.74, 6) is 0.204. The summed E-state index contributed by atoms with van der Waals surface area (Å²) in [7, 11) is -2.21. The zero-order chi connectivity index (χ0) is 14.8. The number of hydrogen-bond donors (Lipinski definition) is 1. The smallest absolute Gasteiger partial charge is 0.246 e. The Kier molecular flexibility index (Phi) is 4.28. The lowest BCUT2D eigenvalue weighted by atomic mass is 10.2. The van der Waals surface area contributed by atoms with E-state index in [2.05, 4.69) is 5.32 Å². The van der Waals surface area contributed by atoms with Crippen molar-refractivity contribution in [3.8, 4) is 11.8 Å². The van der Waals surface area contributed by atoms with Crippen molar-refractivity contribution in [2.24, 2.45) is 0 Å². The lowest BCUT2D eigenvalue weighted by molar-refractivity contribution is 0.308. The zero-order valence-corrected chi connectivity index (χ0v) is 12.3. The van der Waals surface area contributed by atoms with Crippen LogP contribution in [-0.2, 0) is 10.0 Å². The molecule has 6 nitrogen and oxygen atoms in total. The molecule has 108 valence electrons. The van der Waals surface area contributed by atoms with Crippen molar-refractivity contribution in [2.45, 2.75) is 17.9 Å². The second-order valence-corrected chi connectivity index (χ2v) is 6.60. The first-order valence-electron chi connectivity index (χ1n) is 6.30. The molecule has 0 saturated carbocycles. The molecule has 20 heavy (non-hydrogen) atoms. The first-order valence-corrected chi connectivity index (χ1v) is 7.74. The maximum atomic E-state index is 12.6. The molecule has 1 saturated heterocycles. The molecule has 0 radical (unpaired) electrons. The maximum Gasteiger partial charge on any atom is 0.246 e. The average molecular weight is 295 g/mol. The Hall–Kier alpha value is -1.62. The molecule has 1 aliphatic rings. The Morgan fingerprint density at radius 2 is 2.25 bits per heavy atom. The number of nitrogens with zero attached hydrogens (tertiary/aromatic N) is 2. The highest BCUT2D eigenvalue weighted by molar-refractivity contribution is 7.89. The molecule has 1 atom stereocenters. The molecular formula is C13H17N3O3S. The van der Waals surface area contributed by atoms with Crippen LogP contribution in [0, 0.1) is 11.3 Å². The number of hydrogen-bond acceptors (Lipinski definition) is 5. The normalized spacial score (nSPS) is 20.4. The van der Waals surface area contributed by atoms with Crippen molar-refractivity contribution in [3.63, 3.8) is 0 Å². The van der Waals surface area contributed by atoms with Crippen LogP contribution in [-0.4, -0.2) is 45.5 Å². The Bertz CT molecular complexity index is 637. The molecule has 0 bridgehead atoms. The molecule has 0 spiro atoms. The van der Waals surface area contributed by atoms with E-state index in [9.17, 15) is 8.42 Å². The van der Waals surface area contributed by atoms with Crippen molar-refractivity contribution in [1.29, 1.82) is 5.26 Å². The van der Waals surface area contributed by atoms with E-state index in [0.29, 0.717) is 25.2 Å². The first kappa shape index (κ1) is 14.8. The molecule has 0 unspecified atom stereocenters. The van der Waals surface area contributed by atoms with Gasteiger partial charge in [-0.25, -0.2) is 8.42 Å². The Morgan fingerprint density at radius 1 is 1.50 bits per heavy atom. The minimum absolute atomic E-state index is 0.105. The fraction of sp³-hybridized carbons (Fsp3) is 0.462. The van der Waals surface area contributed by atoms with Crippen molar-refractivity contribution < 1.29 is 13.2 Å². The quantitative estimate of drug-likeness (QED) is 0.880. The third kappa shape index (κ3) is 2.77.